The van der Waals surface area contributed by atoms with Gasteiger partial charge in [-0.05, 0) is 55.5 Å². The Balaban J connectivity index is 2.55. The fraction of sp³-hybridized carbons (Fsp3) is 0.467. The first-order valence-corrected chi connectivity index (χ1v) is 6.39. The third kappa shape index (κ3) is 1.95. The monoisotopic (exact) mass is 257 g/mol. The highest BCUT2D eigenvalue weighted by atomic mass is 16.2. The van der Waals surface area contributed by atoms with E-state index in [1.165, 1.54) is 32.7 Å². The lowest BCUT2D eigenvalue weighted by atomic mass is 9.89. The molecule has 1 unspecified atom stereocenters. The highest BCUT2D eigenvalue weighted by Gasteiger charge is 2.37. The molecule has 0 bridgehead atoms. The molecule has 0 saturated carbocycles. The average molecular weight is 257 g/mol. The zero-order valence-electron chi connectivity index (χ0n) is 12.1. The Morgan fingerprint density at radius 2 is 1.74 bits per heavy atom. The van der Waals surface area contributed by atoms with Gasteiger partial charge in [0.2, 0.25) is 0 Å². The van der Waals surface area contributed by atoms with Crippen LogP contribution in [0, 0.1) is 39.1 Å². The van der Waals surface area contributed by atoms with Gasteiger partial charge in [0.05, 0.1) is 12.6 Å². The molecule has 1 aliphatic heterocycles. The number of carbonyl (C=O) groups is 1. The summed E-state index contributed by atoms with van der Waals surface area (Å²) in [5, 5.41) is 9.00. The average Bonchev–Trinajstić information content (AvgIpc) is 2.65. The van der Waals surface area contributed by atoms with Crippen LogP contribution in [0.2, 0.25) is 0 Å². The fourth-order valence-electron chi connectivity index (χ4n) is 2.81. The first-order valence-electron chi connectivity index (χ1n) is 6.39. The van der Waals surface area contributed by atoms with Crippen molar-refractivity contribution in [2.24, 2.45) is 0 Å². The first-order chi connectivity index (χ1) is 8.88. The minimum atomic E-state index is -0.217. The van der Waals surface area contributed by atoms with E-state index in [2.05, 4.69) is 33.8 Å². The highest BCUT2D eigenvalue weighted by molar-refractivity contribution is 5.79. The van der Waals surface area contributed by atoms with Crippen LogP contribution in [-0.4, -0.2) is 29.4 Å². The Hall–Kier alpha value is -2.02. The molecule has 1 atom stereocenters. The van der Waals surface area contributed by atoms with E-state index in [9.17, 15) is 4.79 Å². The van der Waals surface area contributed by atoms with Gasteiger partial charge in [-0.3, -0.25) is 0 Å². The number of hydrogen-bond donors (Lipinski definition) is 0. The van der Waals surface area contributed by atoms with Crippen LogP contribution in [0.1, 0.15) is 33.9 Å². The molecule has 1 aromatic carbocycles. The standard InChI is InChI=1S/C15H19N3O/c1-9-6-10(2)12(4)14(11(9)3)13-7-18(8-16)15(19)17(13)5/h6,13H,7H2,1-5H3. The van der Waals surface area contributed by atoms with Crippen LogP contribution in [0.4, 0.5) is 4.79 Å². The Morgan fingerprint density at radius 1 is 1.21 bits per heavy atom. The fourth-order valence-corrected chi connectivity index (χ4v) is 2.81. The van der Waals surface area contributed by atoms with E-state index in [0.29, 0.717) is 6.54 Å². The molecule has 2 amide bonds. The van der Waals surface area contributed by atoms with Crippen molar-refractivity contribution in [1.29, 1.82) is 5.26 Å². The second-order valence-corrected chi connectivity index (χ2v) is 5.29. The van der Waals surface area contributed by atoms with Crippen molar-refractivity contribution < 1.29 is 4.79 Å². The molecule has 19 heavy (non-hydrogen) atoms. The van der Waals surface area contributed by atoms with E-state index in [1.807, 2.05) is 6.19 Å². The molecule has 4 heteroatoms. The summed E-state index contributed by atoms with van der Waals surface area (Å²) in [5.74, 6) is 0. The predicted octanol–water partition coefficient (Wildman–Crippen LogP) is 2.81. The van der Waals surface area contributed by atoms with Gasteiger partial charge in [0, 0.05) is 7.05 Å². The van der Waals surface area contributed by atoms with E-state index in [1.54, 1.807) is 11.9 Å². The van der Waals surface area contributed by atoms with Gasteiger partial charge in [-0.1, -0.05) is 6.07 Å². The SMILES string of the molecule is Cc1cc(C)c(C)c(C2CN(C#N)C(=O)N2C)c1C. The third-order valence-electron chi connectivity index (χ3n) is 4.23. The van der Waals surface area contributed by atoms with Crippen LogP contribution < -0.4 is 0 Å². The molecular formula is C15H19N3O. The molecule has 0 spiro atoms. The highest BCUT2D eigenvalue weighted by Crippen LogP contribution is 2.34. The molecule has 0 radical (unpaired) electrons. The molecule has 0 aliphatic carbocycles. The minimum Gasteiger partial charge on any atom is -0.318 e. The number of likely N-dealkylation sites (N-methyl/N-ethyl adjacent to an activating group) is 1. The van der Waals surface area contributed by atoms with Crippen LogP contribution >= 0.6 is 0 Å². The lowest BCUT2D eigenvalue weighted by Crippen LogP contribution is -2.27. The van der Waals surface area contributed by atoms with Crippen LogP contribution in [0.15, 0.2) is 6.07 Å². The van der Waals surface area contributed by atoms with Gasteiger partial charge < -0.3 is 4.90 Å². The number of benzene rings is 1. The van der Waals surface area contributed by atoms with E-state index >= 15 is 0 Å². The molecule has 1 aliphatic rings. The van der Waals surface area contributed by atoms with Gasteiger partial charge in [-0.25, -0.2) is 9.69 Å². The normalized spacial score (nSPS) is 18.9. The number of rotatable bonds is 1. The number of carbonyl (C=O) groups excluding carboxylic acids is 1. The van der Waals surface area contributed by atoms with Crippen molar-refractivity contribution >= 4 is 6.03 Å². The van der Waals surface area contributed by atoms with Gasteiger partial charge in [0.25, 0.3) is 0 Å². The summed E-state index contributed by atoms with van der Waals surface area (Å²) < 4.78 is 0. The van der Waals surface area contributed by atoms with Gasteiger partial charge in [-0.2, -0.15) is 5.26 Å². The number of amides is 2. The van der Waals surface area contributed by atoms with E-state index in [4.69, 9.17) is 5.26 Å². The van der Waals surface area contributed by atoms with Gasteiger partial charge in [0.1, 0.15) is 0 Å². The van der Waals surface area contributed by atoms with Crippen LogP contribution in [-0.2, 0) is 0 Å². The lowest BCUT2D eigenvalue weighted by Gasteiger charge is -2.24. The van der Waals surface area contributed by atoms with Crippen molar-refractivity contribution in [3.63, 3.8) is 0 Å². The van der Waals surface area contributed by atoms with E-state index in [0.717, 1.165) is 0 Å². The number of nitriles is 1. The number of urea groups is 1. The Kier molecular flexibility index (Phi) is 3.23. The summed E-state index contributed by atoms with van der Waals surface area (Å²) in [7, 11) is 1.76. The number of hydrogen-bond acceptors (Lipinski definition) is 2. The Bertz CT molecular complexity index is 560. The van der Waals surface area contributed by atoms with Crippen LogP contribution in [0.3, 0.4) is 0 Å². The molecule has 1 heterocycles. The van der Waals surface area contributed by atoms with E-state index in [-0.39, 0.29) is 12.1 Å². The summed E-state index contributed by atoms with van der Waals surface area (Å²) >= 11 is 0. The second kappa shape index (κ2) is 4.58. The first kappa shape index (κ1) is 13.4. The van der Waals surface area contributed by atoms with Crippen LogP contribution in [0.25, 0.3) is 0 Å². The molecule has 2 rings (SSSR count). The molecule has 4 nitrogen and oxygen atoms in total. The van der Waals surface area contributed by atoms with Crippen molar-refractivity contribution in [2.45, 2.75) is 33.7 Å². The summed E-state index contributed by atoms with van der Waals surface area (Å²) in [4.78, 5) is 14.8. The van der Waals surface area contributed by atoms with Crippen molar-refractivity contribution in [2.75, 3.05) is 13.6 Å². The maximum atomic E-state index is 11.9. The molecule has 0 N–H and O–H groups in total. The van der Waals surface area contributed by atoms with Gasteiger partial charge >= 0.3 is 6.03 Å². The number of nitrogens with zero attached hydrogens (tertiary/aromatic N) is 3. The number of aryl methyl sites for hydroxylation is 2. The smallest absolute Gasteiger partial charge is 0.318 e. The molecule has 1 saturated heterocycles. The zero-order chi connectivity index (χ0) is 14.3. The molecule has 0 aromatic heterocycles. The van der Waals surface area contributed by atoms with Gasteiger partial charge in [0.15, 0.2) is 6.19 Å². The molecule has 1 fully saturated rings. The van der Waals surface area contributed by atoms with E-state index < -0.39 is 0 Å². The van der Waals surface area contributed by atoms with Crippen molar-refractivity contribution in [3.8, 4) is 6.19 Å². The molecular weight excluding hydrogens is 238 g/mol. The van der Waals surface area contributed by atoms with Crippen molar-refractivity contribution in [3.05, 3.63) is 33.9 Å². The van der Waals surface area contributed by atoms with Crippen LogP contribution in [0.5, 0.6) is 0 Å². The molecule has 100 valence electrons. The zero-order valence-corrected chi connectivity index (χ0v) is 12.1. The van der Waals surface area contributed by atoms with Crippen molar-refractivity contribution in [1.82, 2.24) is 9.80 Å². The summed E-state index contributed by atoms with van der Waals surface area (Å²) in [6, 6.07) is 1.92. The maximum absolute atomic E-state index is 11.9. The summed E-state index contributed by atoms with van der Waals surface area (Å²) in [6.45, 7) is 8.79. The molecule has 1 aromatic rings. The Labute approximate surface area is 114 Å². The predicted molar refractivity (Wildman–Crippen MR) is 73.6 cm³/mol. The maximum Gasteiger partial charge on any atom is 0.333 e. The second-order valence-electron chi connectivity index (χ2n) is 5.29. The largest absolute Gasteiger partial charge is 0.333 e. The lowest BCUT2D eigenvalue weighted by molar-refractivity contribution is 0.205. The quantitative estimate of drug-likeness (QED) is 0.726. The Morgan fingerprint density at radius 3 is 2.16 bits per heavy atom. The summed E-state index contributed by atoms with van der Waals surface area (Å²) in [6.07, 6.45) is 1.95. The topological polar surface area (TPSA) is 47.3 Å². The third-order valence-corrected chi connectivity index (χ3v) is 4.23. The minimum absolute atomic E-state index is 0.0363. The van der Waals surface area contributed by atoms with Gasteiger partial charge in [-0.15, -0.1) is 0 Å². The summed E-state index contributed by atoms with van der Waals surface area (Å²) in [5.41, 5.74) is 6.08.